The Morgan fingerprint density at radius 3 is 2.83 bits per heavy atom. The molecule has 98 valence electrons. The van der Waals surface area contributed by atoms with Crippen molar-refractivity contribution in [1.82, 2.24) is 5.32 Å². The highest BCUT2D eigenvalue weighted by atomic mass is 35.5. The highest BCUT2D eigenvalue weighted by Crippen LogP contribution is 2.37. The fourth-order valence-electron chi connectivity index (χ4n) is 2.56. The predicted molar refractivity (Wildman–Crippen MR) is 74.8 cm³/mol. The molecule has 1 aromatic rings. The Bertz CT molecular complexity index is 471. The van der Waals surface area contributed by atoms with Gasteiger partial charge in [-0.1, -0.05) is 31.9 Å². The Kier molecular flexibility index (Phi) is 3.53. The number of halogens is 1. The van der Waals surface area contributed by atoms with E-state index in [4.69, 9.17) is 17.3 Å². The number of benzene rings is 1. The fourth-order valence-corrected chi connectivity index (χ4v) is 2.73. The van der Waals surface area contributed by atoms with Crippen LogP contribution in [0.3, 0.4) is 0 Å². The van der Waals surface area contributed by atoms with Crippen molar-refractivity contribution in [1.29, 1.82) is 0 Å². The van der Waals surface area contributed by atoms with Gasteiger partial charge in [0, 0.05) is 16.8 Å². The minimum absolute atomic E-state index is 0.130. The summed E-state index contributed by atoms with van der Waals surface area (Å²) in [5.41, 5.74) is 6.90. The monoisotopic (exact) mass is 266 g/mol. The second kappa shape index (κ2) is 4.81. The number of nitrogens with two attached hydrogens (primary N) is 1. The van der Waals surface area contributed by atoms with Crippen LogP contribution in [0, 0.1) is 5.41 Å². The van der Waals surface area contributed by atoms with Gasteiger partial charge < -0.3 is 11.1 Å². The third-order valence-electron chi connectivity index (χ3n) is 3.82. The van der Waals surface area contributed by atoms with Crippen LogP contribution in [0.15, 0.2) is 18.2 Å². The molecule has 1 aromatic carbocycles. The molecule has 0 aromatic heterocycles. The molecule has 1 atom stereocenters. The predicted octanol–water partition coefficient (Wildman–Crippen LogP) is 3.23. The van der Waals surface area contributed by atoms with E-state index in [1.165, 1.54) is 0 Å². The topological polar surface area (TPSA) is 55.1 Å². The van der Waals surface area contributed by atoms with Gasteiger partial charge in [-0.2, -0.15) is 0 Å². The number of hydrogen-bond donors (Lipinski definition) is 2. The fraction of sp³-hybridized carbons (Fsp3) is 0.500. The highest BCUT2D eigenvalue weighted by Gasteiger charge is 2.35. The normalized spacial score (nSPS) is 21.8. The van der Waals surface area contributed by atoms with Gasteiger partial charge in [0.25, 0.3) is 5.91 Å². The standard InChI is InChI=1S/C14H19ClN2O/c1-14(2)7-3-4-12(14)17-13(18)10-8-9(15)5-6-11(10)16/h5-6,8,12H,3-4,7,16H2,1-2H3,(H,17,18). The minimum atomic E-state index is -0.130. The average Bonchev–Trinajstić information content (AvgIpc) is 2.62. The lowest BCUT2D eigenvalue weighted by Gasteiger charge is -2.28. The first kappa shape index (κ1) is 13.2. The zero-order valence-corrected chi connectivity index (χ0v) is 11.6. The lowest BCUT2D eigenvalue weighted by Crippen LogP contribution is -2.41. The van der Waals surface area contributed by atoms with E-state index in [1.807, 2.05) is 0 Å². The molecule has 0 heterocycles. The molecular weight excluding hydrogens is 248 g/mol. The van der Waals surface area contributed by atoms with Gasteiger partial charge in [0.05, 0.1) is 5.56 Å². The van der Waals surface area contributed by atoms with Gasteiger partial charge in [-0.25, -0.2) is 0 Å². The first-order chi connectivity index (χ1) is 8.40. The van der Waals surface area contributed by atoms with E-state index in [1.54, 1.807) is 18.2 Å². The van der Waals surface area contributed by atoms with E-state index in [2.05, 4.69) is 19.2 Å². The number of anilines is 1. The molecule has 1 fully saturated rings. The molecule has 1 amide bonds. The molecule has 0 aliphatic heterocycles. The molecule has 1 unspecified atom stereocenters. The van der Waals surface area contributed by atoms with Crippen molar-refractivity contribution >= 4 is 23.2 Å². The summed E-state index contributed by atoms with van der Waals surface area (Å²) in [7, 11) is 0. The SMILES string of the molecule is CC1(C)CCCC1NC(=O)c1cc(Cl)ccc1N. The van der Waals surface area contributed by atoms with Crippen molar-refractivity contribution in [3.05, 3.63) is 28.8 Å². The molecule has 0 spiro atoms. The van der Waals surface area contributed by atoms with Crippen molar-refractivity contribution < 1.29 is 4.79 Å². The Morgan fingerprint density at radius 2 is 2.22 bits per heavy atom. The van der Waals surface area contributed by atoms with E-state index in [0.29, 0.717) is 16.3 Å². The Labute approximate surface area is 113 Å². The van der Waals surface area contributed by atoms with Crippen LogP contribution in [-0.2, 0) is 0 Å². The van der Waals surface area contributed by atoms with E-state index < -0.39 is 0 Å². The maximum absolute atomic E-state index is 12.2. The largest absolute Gasteiger partial charge is 0.398 e. The van der Waals surface area contributed by atoms with Gasteiger partial charge in [0.1, 0.15) is 0 Å². The maximum atomic E-state index is 12.2. The Morgan fingerprint density at radius 1 is 1.50 bits per heavy atom. The molecule has 4 heteroatoms. The quantitative estimate of drug-likeness (QED) is 0.808. The minimum Gasteiger partial charge on any atom is -0.398 e. The number of hydrogen-bond acceptors (Lipinski definition) is 2. The molecule has 18 heavy (non-hydrogen) atoms. The van der Waals surface area contributed by atoms with Crippen molar-refractivity contribution in [2.24, 2.45) is 5.41 Å². The molecule has 0 radical (unpaired) electrons. The van der Waals surface area contributed by atoms with Gasteiger partial charge >= 0.3 is 0 Å². The van der Waals surface area contributed by atoms with E-state index in [9.17, 15) is 4.79 Å². The van der Waals surface area contributed by atoms with Gasteiger partial charge in [-0.15, -0.1) is 0 Å². The average molecular weight is 267 g/mol. The number of carbonyl (C=O) groups excluding carboxylic acids is 1. The van der Waals surface area contributed by atoms with Gasteiger partial charge in [-0.05, 0) is 36.5 Å². The summed E-state index contributed by atoms with van der Waals surface area (Å²) >= 11 is 5.90. The molecular formula is C14H19ClN2O. The maximum Gasteiger partial charge on any atom is 0.253 e. The number of nitrogens with one attached hydrogen (secondary N) is 1. The zero-order chi connectivity index (χ0) is 13.3. The second-order valence-electron chi connectivity index (χ2n) is 5.64. The summed E-state index contributed by atoms with van der Waals surface area (Å²) in [6.07, 6.45) is 3.32. The molecule has 0 saturated heterocycles. The van der Waals surface area contributed by atoms with Crippen LogP contribution in [0.1, 0.15) is 43.5 Å². The summed E-state index contributed by atoms with van der Waals surface area (Å²) in [5.74, 6) is -0.130. The lowest BCUT2D eigenvalue weighted by atomic mass is 9.87. The summed E-state index contributed by atoms with van der Waals surface area (Å²) in [6, 6.07) is 5.18. The Hall–Kier alpha value is -1.22. The number of rotatable bonds is 2. The van der Waals surface area contributed by atoms with Gasteiger partial charge in [0.15, 0.2) is 0 Å². The van der Waals surface area contributed by atoms with E-state index in [-0.39, 0.29) is 17.4 Å². The number of amides is 1. The summed E-state index contributed by atoms with van der Waals surface area (Å²) in [6.45, 7) is 4.37. The van der Waals surface area contributed by atoms with Crippen molar-refractivity contribution in [2.75, 3.05) is 5.73 Å². The third-order valence-corrected chi connectivity index (χ3v) is 4.06. The molecule has 3 nitrogen and oxygen atoms in total. The summed E-state index contributed by atoms with van der Waals surface area (Å²) in [4.78, 5) is 12.2. The smallest absolute Gasteiger partial charge is 0.253 e. The number of nitrogen functional groups attached to an aromatic ring is 1. The highest BCUT2D eigenvalue weighted by molar-refractivity contribution is 6.31. The molecule has 0 bridgehead atoms. The van der Waals surface area contributed by atoms with Crippen molar-refractivity contribution in [3.63, 3.8) is 0 Å². The van der Waals surface area contributed by atoms with Crippen LogP contribution >= 0.6 is 11.6 Å². The first-order valence-corrected chi connectivity index (χ1v) is 6.64. The van der Waals surface area contributed by atoms with E-state index >= 15 is 0 Å². The van der Waals surface area contributed by atoms with Crippen molar-refractivity contribution in [2.45, 2.75) is 39.2 Å². The molecule has 3 N–H and O–H groups in total. The molecule has 1 aliphatic carbocycles. The van der Waals surface area contributed by atoms with Crippen LogP contribution in [0.2, 0.25) is 5.02 Å². The van der Waals surface area contributed by atoms with Crippen LogP contribution < -0.4 is 11.1 Å². The van der Waals surface area contributed by atoms with E-state index in [0.717, 1.165) is 19.3 Å². The van der Waals surface area contributed by atoms with Crippen LogP contribution in [0.4, 0.5) is 5.69 Å². The van der Waals surface area contributed by atoms with Gasteiger partial charge in [-0.3, -0.25) is 4.79 Å². The number of carbonyl (C=O) groups is 1. The lowest BCUT2D eigenvalue weighted by molar-refractivity contribution is 0.0911. The molecule has 1 saturated carbocycles. The van der Waals surface area contributed by atoms with Crippen LogP contribution in [-0.4, -0.2) is 11.9 Å². The van der Waals surface area contributed by atoms with Crippen molar-refractivity contribution in [3.8, 4) is 0 Å². The van der Waals surface area contributed by atoms with Gasteiger partial charge in [0.2, 0.25) is 0 Å². The van der Waals surface area contributed by atoms with Crippen LogP contribution in [0.25, 0.3) is 0 Å². The molecule has 1 aliphatic rings. The first-order valence-electron chi connectivity index (χ1n) is 6.26. The van der Waals surface area contributed by atoms with Crippen LogP contribution in [0.5, 0.6) is 0 Å². The zero-order valence-electron chi connectivity index (χ0n) is 10.8. The summed E-state index contributed by atoms with van der Waals surface area (Å²) in [5, 5.41) is 3.60. The Balaban J connectivity index is 2.15. The molecule has 2 rings (SSSR count). The summed E-state index contributed by atoms with van der Waals surface area (Å²) < 4.78 is 0. The third kappa shape index (κ3) is 2.61. The second-order valence-corrected chi connectivity index (χ2v) is 6.07.